The third kappa shape index (κ3) is 1.17. The third-order valence-electron chi connectivity index (χ3n) is 3.38. The number of rotatable bonds is 0. The zero-order valence-corrected chi connectivity index (χ0v) is 8.67. The van der Waals surface area contributed by atoms with Crippen molar-refractivity contribution in [2.75, 3.05) is 20.1 Å². The molecule has 12 heavy (non-hydrogen) atoms. The number of hydrogen-bond donors (Lipinski definition) is 0. The molecule has 0 aromatic rings. The summed E-state index contributed by atoms with van der Waals surface area (Å²) >= 11 is 0. The molecule has 0 aliphatic carbocycles. The second kappa shape index (κ2) is 2.46. The van der Waals surface area contributed by atoms with E-state index in [9.17, 15) is 0 Å². The van der Waals surface area contributed by atoms with Crippen molar-refractivity contribution < 1.29 is 0 Å². The van der Waals surface area contributed by atoms with Crippen LogP contribution in [0.4, 0.5) is 0 Å². The Hall–Kier alpha value is -0.0800. The number of likely N-dealkylation sites (N-methyl/N-ethyl adjacent to an activating group) is 1. The highest BCUT2D eigenvalue weighted by Crippen LogP contribution is 2.34. The average Bonchev–Trinajstić information content (AvgIpc) is 2.41. The van der Waals surface area contributed by atoms with E-state index in [1.807, 2.05) is 0 Å². The van der Waals surface area contributed by atoms with E-state index in [0.717, 1.165) is 12.1 Å². The predicted octanol–water partition coefficient (Wildman–Crippen LogP) is 1.17. The molecule has 2 heterocycles. The average molecular weight is 168 g/mol. The first-order valence-electron chi connectivity index (χ1n) is 4.95. The minimum Gasteiger partial charge on any atom is -0.301 e. The van der Waals surface area contributed by atoms with Crippen molar-refractivity contribution in [2.45, 2.75) is 44.8 Å². The van der Waals surface area contributed by atoms with Gasteiger partial charge in [-0.1, -0.05) is 0 Å². The van der Waals surface area contributed by atoms with Crippen LogP contribution >= 0.6 is 0 Å². The van der Waals surface area contributed by atoms with E-state index in [2.05, 4.69) is 37.6 Å². The summed E-state index contributed by atoms with van der Waals surface area (Å²) in [5.74, 6) is 0. The van der Waals surface area contributed by atoms with Crippen molar-refractivity contribution in [1.29, 1.82) is 0 Å². The van der Waals surface area contributed by atoms with Gasteiger partial charge in [0.2, 0.25) is 0 Å². The number of likely N-dealkylation sites (tertiary alicyclic amines) is 2. The van der Waals surface area contributed by atoms with Crippen molar-refractivity contribution in [1.82, 2.24) is 9.80 Å². The fourth-order valence-corrected chi connectivity index (χ4v) is 2.69. The summed E-state index contributed by atoms with van der Waals surface area (Å²) in [5.41, 5.74) is 0.376. The van der Waals surface area contributed by atoms with Gasteiger partial charge in [-0.05, 0) is 34.2 Å². The molecule has 0 spiro atoms. The van der Waals surface area contributed by atoms with Gasteiger partial charge in [-0.2, -0.15) is 0 Å². The Morgan fingerprint density at radius 2 is 1.75 bits per heavy atom. The van der Waals surface area contributed by atoms with Crippen molar-refractivity contribution in [3.05, 3.63) is 0 Å². The van der Waals surface area contributed by atoms with E-state index >= 15 is 0 Å². The number of piperazine rings is 1. The first kappa shape index (κ1) is 8.52. The lowest BCUT2D eigenvalue weighted by molar-refractivity contribution is 0.0677. The van der Waals surface area contributed by atoms with Gasteiger partial charge in [0.1, 0.15) is 0 Å². The Bertz CT molecular complexity index is 181. The summed E-state index contributed by atoms with van der Waals surface area (Å²) in [5, 5.41) is 0. The van der Waals surface area contributed by atoms with Gasteiger partial charge < -0.3 is 4.90 Å². The summed E-state index contributed by atoms with van der Waals surface area (Å²) < 4.78 is 0. The zero-order chi connectivity index (χ0) is 8.93. The molecule has 2 bridgehead atoms. The van der Waals surface area contributed by atoms with Crippen LogP contribution in [0.15, 0.2) is 0 Å². The molecule has 0 amide bonds. The Morgan fingerprint density at radius 1 is 1.08 bits per heavy atom. The van der Waals surface area contributed by atoms with Crippen LogP contribution in [-0.4, -0.2) is 47.6 Å². The lowest BCUT2D eigenvalue weighted by Gasteiger charge is -2.41. The van der Waals surface area contributed by atoms with Crippen LogP contribution in [0, 0.1) is 0 Å². The maximum atomic E-state index is 2.66. The van der Waals surface area contributed by atoms with E-state index in [1.54, 1.807) is 0 Å². The van der Waals surface area contributed by atoms with Gasteiger partial charge in [0.15, 0.2) is 0 Å². The van der Waals surface area contributed by atoms with E-state index in [1.165, 1.54) is 19.5 Å². The van der Waals surface area contributed by atoms with Crippen molar-refractivity contribution in [3.63, 3.8) is 0 Å². The maximum absolute atomic E-state index is 2.66. The summed E-state index contributed by atoms with van der Waals surface area (Å²) in [6.07, 6.45) is 1.40. The van der Waals surface area contributed by atoms with E-state index in [4.69, 9.17) is 0 Å². The predicted molar refractivity (Wildman–Crippen MR) is 51.3 cm³/mol. The molecule has 70 valence electrons. The molecule has 0 aromatic carbocycles. The molecule has 2 nitrogen and oxygen atoms in total. The fraction of sp³-hybridized carbons (Fsp3) is 1.00. The van der Waals surface area contributed by atoms with Crippen LogP contribution in [-0.2, 0) is 0 Å². The Balaban J connectivity index is 2.08. The summed E-state index contributed by atoms with van der Waals surface area (Å²) in [4.78, 5) is 5.17. The van der Waals surface area contributed by atoms with Gasteiger partial charge in [-0.3, -0.25) is 4.90 Å². The molecule has 2 aliphatic rings. The first-order chi connectivity index (χ1) is 5.48. The molecular formula is C10H20N2. The molecule has 2 fully saturated rings. The van der Waals surface area contributed by atoms with Crippen LogP contribution in [0.25, 0.3) is 0 Å². The Labute approximate surface area is 75.5 Å². The van der Waals surface area contributed by atoms with E-state index in [-0.39, 0.29) is 0 Å². The summed E-state index contributed by atoms with van der Waals surface area (Å²) in [7, 11) is 2.25. The lowest BCUT2D eigenvalue weighted by atomic mass is 10.0. The normalized spacial score (nSPS) is 38.0. The molecule has 0 saturated carbocycles. The van der Waals surface area contributed by atoms with Crippen molar-refractivity contribution in [2.24, 2.45) is 0 Å². The van der Waals surface area contributed by atoms with Crippen LogP contribution in [0.1, 0.15) is 27.2 Å². The van der Waals surface area contributed by atoms with Gasteiger partial charge in [-0.25, -0.2) is 0 Å². The topological polar surface area (TPSA) is 6.48 Å². The highest BCUT2D eigenvalue weighted by molar-refractivity contribution is 5.02. The Kier molecular flexibility index (Phi) is 1.74. The molecule has 0 radical (unpaired) electrons. The van der Waals surface area contributed by atoms with Gasteiger partial charge >= 0.3 is 0 Å². The maximum Gasteiger partial charge on any atom is 0.0244 e. The molecule has 2 heteroatoms. The Morgan fingerprint density at radius 3 is 2.08 bits per heavy atom. The minimum absolute atomic E-state index is 0.376. The second-order valence-corrected chi connectivity index (χ2v) is 5.31. The lowest BCUT2D eigenvalue weighted by Crippen LogP contribution is -2.52. The number of fused-ring (bicyclic) bond motifs is 2. The monoisotopic (exact) mass is 168 g/mol. The first-order valence-corrected chi connectivity index (χ1v) is 4.95. The molecule has 2 rings (SSSR count). The summed E-state index contributed by atoms with van der Waals surface area (Å²) in [6.45, 7) is 9.54. The van der Waals surface area contributed by atoms with Crippen molar-refractivity contribution >= 4 is 0 Å². The zero-order valence-electron chi connectivity index (χ0n) is 8.67. The molecular weight excluding hydrogens is 148 g/mol. The molecule has 0 aromatic heterocycles. The van der Waals surface area contributed by atoms with Gasteiger partial charge in [-0.15, -0.1) is 0 Å². The van der Waals surface area contributed by atoms with Gasteiger partial charge in [0, 0.05) is 30.7 Å². The summed E-state index contributed by atoms with van der Waals surface area (Å²) in [6, 6.07) is 1.68. The van der Waals surface area contributed by atoms with Gasteiger partial charge in [0.25, 0.3) is 0 Å². The number of nitrogens with zero attached hydrogens (tertiary/aromatic N) is 2. The third-order valence-corrected chi connectivity index (χ3v) is 3.38. The van der Waals surface area contributed by atoms with E-state index in [0.29, 0.717) is 5.54 Å². The smallest absolute Gasteiger partial charge is 0.0244 e. The van der Waals surface area contributed by atoms with Crippen LogP contribution in [0.5, 0.6) is 0 Å². The van der Waals surface area contributed by atoms with Crippen molar-refractivity contribution in [3.8, 4) is 0 Å². The standard InChI is InChI=1S/C10H20N2/c1-10(2,3)12-7-8-5-9(12)6-11(8)4/h8-9H,5-7H2,1-4H3/t8-,9?/m1/s1. The molecule has 2 aliphatic heterocycles. The van der Waals surface area contributed by atoms with Gasteiger partial charge in [0.05, 0.1) is 0 Å². The second-order valence-electron chi connectivity index (χ2n) is 5.31. The minimum atomic E-state index is 0.376. The SMILES string of the molecule is CN1CC2C[C@@H]1CN2C(C)(C)C. The van der Waals surface area contributed by atoms with Crippen LogP contribution in [0.2, 0.25) is 0 Å². The molecule has 1 unspecified atom stereocenters. The molecule has 2 atom stereocenters. The largest absolute Gasteiger partial charge is 0.301 e. The highest BCUT2D eigenvalue weighted by Gasteiger charge is 2.45. The number of hydrogen-bond acceptors (Lipinski definition) is 2. The quantitative estimate of drug-likeness (QED) is 0.536. The molecule has 2 saturated heterocycles. The van der Waals surface area contributed by atoms with Crippen LogP contribution in [0.3, 0.4) is 0 Å². The molecule has 0 N–H and O–H groups in total. The fourth-order valence-electron chi connectivity index (χ4n) is 2.69. The highest BCUT2D eigenvalue weighted by atomic mass is 15.4. The van der Waals surface area contributed by atoms with E-state index < -0.39 is 0 Å². The van der Waals surface area contributed by atoms with Crippen LogP contribution < -0.4 is 0 Å².